The first-order chi connectivity index (χ1) is 6.33. The molecule has 0 aromatic carbocycles. The fourth-order valence-electron chi connectivity index (χ4n) is 1.65. The lowest BCUT2D eigenvalue weighted by atomic mass is 9.96. The number of carbonyl (C=O) groups is 1. The van der Waals surface area contributed by atoms with Crippen molar-refractivity contribution in [3.8, 4) is 0 Å². The summed E-state index contributed by atoms with van der Waals surface area (Å²) in [6.45, 7) is 2.52. The van der Waals surface area contributed by atoms with Gasteiger partial charge in [0.2, 0.25) is 0 Å². The van der Waals surface area contributed by atoms with E-state index in [-0.39, 0.29) is 6.09 Å². The molecule has 0 aromatic rings. The Morgan fingerprint density at radius 2 is 2.08 bits per heavy atom. The second-order valence-electron chi connectivity index (χ2n) is 3.62. The molecule has 3 nitrogen and oxygen atoms in total. The molecule has 13 heavy (non-hydrogen) atoms. The molecular formula is C10H19NO2. The molecule has 3 heteroatoms. The smallest absolute Gasteiger partial charge is 0.407 e. The van der Waals surface area contributed by atoms with Crippen LogP contribution < -0.4 is 5.32 Å². The maximum Gasteiger partial charge on any atom is 0.407 e. The van der Waals surface area contributed by atoms with Crippen LogP contribution in [0.15, 0.2) is 0 Å². The summed E-state index contributed by atoms with van der Waals surface area (Å²) in [6.07, 6.45) is 6.65. The molecule has 0 bridgehead atoms. The van der Waals surface area contributed by atoms with Gasteiger partial charge in [-0.1, -0.05) is 26.2 Å². The van der Waals surface area contributed by atoms with Gasteiger partial charge in [0, 0.05) is 6.04 Å². The SMILES string of the molecule is CCCOC(=O)NC1CCCCC1. The molecule has 0 atom stereocenters. The molecule has 0 saturated heterocycles. The van der Waals surface area contributed by atoms with Gasteiger partial charge >= 0.3 is 6.09 Å². The number of rotatable bonds is 3. The van der Waals surface area contributed by atoms with E-state index in [9.17, 15) is 4.79 Å². The molecule has 1 amide bonds. The van der Waals surface area contributed by atoms with E-state index < -0.39 is 0 Å². The summed E-state index contributed by atoms with van der Waals surface area (Å²) in [5.74, 6) is 0. The van der Waals surface area contributed by atoms with Gasteiger partial charge < -0.3 is 10.1 Å². The van der Waals surface area contributed by atoms with E-state index in [1.54, 1.807) is 0 Å². The first kappa shape index (κ1) is 10.4. The van der Waals surface area contributed by atoms with Crippen molar-refractivity contribution in [3.05, 3.63) is 0 Å². The monoisotopic (exact) mass is 185 g/mol. The number of amides is 1. The Labute approximate surface area is 79.8 Å². The van der Waals surface area contributed by atoms with E-state index in [2.05, 4.69) is 5.32 Å². The molecule has 1 saturated carbocycles. The van der Waals surface area contributed by atoms with Crippen LogP contribution in [0.2, 0.25) is 0 Å². The predicted molar refractivity (Wildman–Crippen MR) is 51.6 cm³/mol. The summed E-state index contributed by atoms with van der Waals surface area (Å²) < 4.78 is 4.94. The minimum atomic E-state index is -0.242. The van der Waals surface area contributed by atoms with Crippen LogP contribution in [0, 0.1) is 0 Å². The number of ether oxygens (including phenoxy) is 1. The lowest BCUT2D eigenvalue weighted by Crippen LogP contribution is -2.36. The molecule has 1 rings (SSSR count). The fraction of sp³-hybridized carbons (Fsp3) is 0.900. The van der Waals surface area contributed by atoms with Gasteiger partial charge in [0.1, 0.15) is 0 Å². The summed E-state index contributed by atoms with van der Waals surface area (Å²) >= 11 is 0. The summed E-state index contributed by atoms with van der Waals surface area (Å²) in [5, 5.41) is 2.89. The van der Waals surface area contributed by atoms with Crippen LogP contribution in [0.1, 0.15) is 45.4 Å². The maximum absolute atomic E-state index is 11.1. The average Bonchev–Trinajstić information content (AvgIpc) is 2.16. The van der Waals surface area contributed by atoms with E-state index in [1.807, 2.05) is 6.92 Å². The second-order valence-corrected chi connectivity index (χ2v) is 3.62. The van der Waals surface area contributed by atoms with Crippen molar-refractivity contribution in [2.24, 2.45) is 0 Å². The molecule has 0 aromatic heterocycles. The maximum atomic E-state index is 11.1. The van der Waals surface area contributed by atoms with Crippen LogP contribution in [0.5, 0.6) is 0 Å². The van der Waals surface area contributed by atoms with Crippen LogP contribution in [-0.2, 0) is 4.74 Å². The molecule has 0 heterocycles. The summed E-state index contributed by atoms with van der Waals surface area (Å²) in [6, 6.07) is 0.359. The Morgan fingerprint density at radius 1 is 1.38 bits per heavy atom. The van der Waals surface area contributed by atoms with Crippen molar-refractivity contribution in [3.63, 3.8) is 0 Å². The van der Waals surface area contributed by atoms with E-state index >= 15 is 0 Å². The Hall–Kier alpha value is -0.730. The van der Waals surface area contributed by atoms with Crippen molar-refractivity contribution in [1.82, 2.24) is 5.32 Å². The molecule has 1 N–H and O–H groups in total. The zero-order valence-electron chi connectivity index (χ0n) is 8.34. The fourth-order valence-corrected chi connectivity index (χ4v) is 1.65. The highest BCUT2D eigenvalue weighted by molar-refractivity contribution is 5.67. The highest BCUT2D eigenvalue weighted by Gasteiger charge is 2.15. The van der Waals surface area contributed by atoms with Gasteiger partial charge in [0.25, 0.3) is 0 Å². The van der Waals surface area contributed by atoms with E-state index in [0.717, 1.165) is 19.3 Å². The summed E-state index contributed by atoms with van der Waals surface area (Å²) in [5.41, 5.74) is 0. The van der Waals surface area contributed by atoms with Gasteiger partial charge in [-0.25, -0.2) is 4.79 Å². The highest BCUT2D eigenvalue weighted by Crippen LogP contribution is 2.17. The number of hydrogen-bond acceptors (Lipinski definition) is 2. The molecule has 0 unspecified atom stereocenters. The van der Waals surface area contributed by atoms with Crippen molar-refractivity contribution >= 4 is 6.09 Å². The number of carbonyl (C=O) groups excluding carboxylic acids is 1. The topological polar surface area (TPSA) is 38.3 Å². The third-order valence-corrected chi connectivity index (χ3v) is 2.36. The Balaban J connectivity index is 2.11. The molecule has 0 radical (unpaired) electrons. The zero-order valence-corrected chi connectivity index (χ0v) is 8.34. The summed E-state index contributed by atoms with van der Waals surface area (Å²) in [7, 11) is 0. The van der Waals surface area contributed by atoms with Crippen molar-refractivity contribution in [2.75, 3.05) is 6.61 Å². The molecule has 0 aliphatic heterocycles. The predicted octanol–water partition coefficient (Wildman–Crippen LogP) is 2.46. The first-order valence-electron chi connectivity index (χ1n) is 5.26. The van der Waals surface area contributed by atoms with E-state index in [4.69, 9.17) is 4.74 Å². The van der Waals surface area contributed by atoms with Crippen LogP contribution in [-0.4, -0.2) is 18.7 Å². The Bertz CT molecular complexity index is 153. The molecule has 76 valence electrons. The Morgan fingerprint density at radius 3 is 2.69 bits per heavy atom. The van der Waals surface area contributed by atoms with Crippen LogP contribution >= 0.6 is 0 Å². The third kappa shape index (κ3) is 4.15. The van der Waals surface area contributed by atoms with Gasteiger partial charge in [0.15, 0.2) is 0 Å². The standard InChI is InChI=1S/C10H19NO2/c1-2-8-13-10(12)11-9-6-4-3-5-7-9/h9H,2-8H2,1H3,(H,11,12). The van der Waals surface area contributed by atoms with Gasteiger partial charge in [-0.15, -0.1) is 0 Å². The van der Waals surface area contributed by atoms with E-state index in [1.165, 1.54) is 19.3 Å². The van der Waals surface area contributed by atoms with Gasteiger partial charge in [-0.2, -0.15) is 0 Å². The molecule has 1 fully saturated rings. The van der Waals surface area contributed by atoms with Gasteiger partial charge in [-0.3, -0.25) is 0 Å². The molecule has 1 aliphatic carbocycles. The average molecular weight is 185 g/mol. The minimum Gasteiger partial charge on any atom is -0.450 e. The first-order valence-corrected chi connectivity index (χ1v) is 5.26. The van der Waals surface area contributed by atoms with Gasteiger partial charge in [-0.05, 0) is 19.3 Å². The minimum absolute atomic E-state index is 0.242. The number of alkyl carbamates (subject to hydrolysis) is 1. The van der Waals surface area contributed by atoms with Crippen LogP contribution in [0.3, 0.4) is 0 Å². The quantitative estimate of drug-likeness (QED) is 0.733. The highest BCUT2D eigenvalue weighted by atomic mass is 16.5. The number of nitrogens with one attached hydrogen (secondary N) is 1. The van der Waals surface area contributed by atoms with Crippen molar-refractivity contribution in [1.29, 1.82) is 0 Å². The lowest BCUT2D eigenvalue weighted by Gasteiger charge is -2.22. The molecule has 1 aliphatic rings. The summed E-state index contributed by atoms with van der Waals surface area (Å²) in [4.78, 5) is 11.1. The third-order valence-electron chi connectivity index (χ3n) is 2.36. The second kappa shape index (κ2) is 5.84. The largest absolute Gasteiger partial charge is 0.450 e. The Kier molecular flexibility index (Phi) is 4.65. The van der Waals surface area contributed by atoms with Crippen molar-refractivity contribution < 1.29 is 9.53 Å². The van der Waals surface area contributed by atoms with E-state index in [0.29, 0.717) is 12.6 Å². The van der Waals surface area contributed by atoms with Crippen LogP contribution in [0.4, 0.5) is 4.79 Å². The lowest BCUT2D eigenvalue weighted by molar-refractivity contribution is 0.139. The number of hydrogen-bond donors (Lipinski definition) is 1. The normalized spacial score (nSPS) is 18.2. The zero-order chi connectivity index (χ0) is 9.52. The van der Waals surface area contributed by atoms with Crippen molar-refractivity contribution in [2.45, 2.75) is 51.5 Å². The van der Waals surface area contributed by atoms with Gasteiger partial charge in [0.05, 0.1) is 6.61 Å². The molecule has 0 spiro atoms. The molecular weight excluding hydrogens is 166 g/mol. The van der Waals surface area contributed by atoms with Crippen LogP contribution in [0.25, 0.3) is 0 Å².